The fourth-order valence-corrected chi connectivity index (χ4v) is 5.23. The summed E-state index contributed by atoms with van der Waals surface area (Å²) in [6.07, 6.45) is 2.64. The fraction of sp³-hybridized carbons (Fsp3) is 0.455. The third kappa shape index (κ3) is 6.03. The first-order valence-corrected chi connectivity index (χ1v) is 12.9. The van der Waals surface area contributed by atoms with Crippen molar-refractivity contribution in [2.45, 2.75) is 45.1 Å². The number of nitrogens with two attached hydrogens (primary N) is 2. The number of nitrogens with zero attached hydrogens (tertiary/aromatic N) is 5. The van der Waals surface area contributed by atoms with Gasteiger partial charge in [-0.3, -0.25) is 9.58 Å². The number of nitrogens with one attached hydrogen (secondary N) is 1. The van der Waals surface area contributed by atoms with E-state index in [1.165, 1.54) is 5.01 Å². The summed E-state index contributed by atoms with van der Waals surface area (Å²) in [5, 5.41) is 5.07. The van der Waals surface area contributed by atoms with Gasteiger partial charge in [0.1, 0.15) is 18.3 Å². The van der Waals surface area contributed by atoms with Gasteiger partial charge in [-0.05, 0) is 44.5 Å². The van der Waals surface area contributed by atoms with Gasteiger partial charge >= 0.3 is 8.53 Å². The van der Waals surface area contributed by atoms with E-state index < -0.39 is 14.1 Å². The lowest BCUT2D eigenvalue weighted by atomic mass is 10.1. The van der Waals surface area contributed by atoms with Crippen molar-refractivity contribution in [1.29, 1.82) is 0 Å². The molecule has 1 fully saturated rings. The van der Waals surface area contributed by atoms with Crippen LogP contribution in [0.4, 0.5) is 11.8 Å². The molecule has 5 N–H and O–H groups in total. The first-order chi connectivity index (χ1) is 17.1. The van der Waals surface area contributed by atoms with Crippen LogP contribution in [0.1, 0.15) is 33.4 Å². The topological polar surface area (TPSA) is 156 Å². The molecule has 4 atom stereocenters. The van der Waals surface area contributed by atoms with E-state index in [0.717, 1.165) is 12.7 Å². The first-order valence-electron chi connectivity index (χ1n) is 11.3. The molecule has 36 heavy (non-hydrogen) atoms. The summed E-state index contributed by atoms with van der Waals surface area (Å²) in [5.74, 6) is 7.11. The van der Waals surface area contributed by atoms with Gasteiger partial charge in [0.25, 0.3) is 0 Å². The number of benzene rings is 1. The van der Waals surface area contributed by atoms with Crippen molar-refractivity contribution in [2.75, 3.05) is 24.4 Å². The van der Waals surface area contributed by atoms with Crippen LogP contribution in [0, 0.1) is 5.92 Å². The van der Waals surface area contributed by atoms with Crippen molar-refractivity contribution < 1.29 is 18.6 Å². The van der Waals surface area contributed by atoms with Gasteiger partial charge < -0.3 is 24.3 Å². The number of hydrogen-bond acceptors (Lipinski definition) is 11. The highest BCUT2D eigenvalue weighted by Crippen LogP contribution is 2.41. The zero-order valence-electron chi connectivity index (χ0n) is 20.5. The van der Waals surface area contributed by atoms with Crippen molar-refractivity contribution in [3.63, 3.8) is 0 Å². The highest BCUT2D eigenvalue weighted by Gasteiger charge is 2.36. The molecule has 1 saturated heterocycles. The van der Waals surface area contributed by atoms with Crippen LogP contribution in [-0.4, -0.2) is 51.1 Å². The molecule has 4 unspecified atom stereocenters. The van der Waals surface area contributed by atoms with Gasteiger partial charge in [-0.2, -0.15) is 9.97 Å². The van der Waals surface area contributed by atoms with E-state index in [2.05, 4.69) is 27.0 Å². The predicted octanol–water partition coefficient (Wildman–Crippen LogP) is 3.18. The van der Waals surface area contributed by atoms with E-state index in [-0.39, 0.29) is 30.8 Å². The van der Waals surface area contributed by atoms with Gasteiger partial charge in [-0.1, -0.05) is 18.5 Å². The van der Waals surface area contributed by atoms with Gasteiger partial charge in [-0.15, -0.1) is 0 Å². The van der Waals surface area contributed by atoms with Crippen molar-refractivity contribution in [2.24, 2.45) is 11.8 Å². The second kappa shape index (κ2) is 10.8. The molecule has 0 aliphatic carbocycles. The van der Waals surface area contributed by atoms with Crippen LogP contribution in [0.3, 0.4) is 0 Å². The van der Waals surface area contributed by atoms with Gasteiger partial charge in [-0.25, -0.2) is 15.9 Å². The molecule has 1 aromatic carbocycles. The summed E-state index contributed by atoms with van der Waals surface area (Å²) in [6.45, 7) is 5.83. The maximum absolute atomic E-state index is 11.5. The number of hydrazine groups is 1. The Morgan fingerprint density at radius 2 is 2.08 bits per heavy atom. The Labute approximate surface area is 215 Å². The summed E-state index contributed by atoms with van der Waals surface area (Å²) >= 11 is 5.97. The second-order valence-corrected chi connectivity index (χ2v) is 10.9. The van der Waals surface area contributed by atoms with Crippen molar-refractivity contribution >= 4 is 49.3 Å². The van der Waals surface area contributed by atoms with Crippen LogP contribution in [0.2, 0.25) is 5.02 Å². The Bertz CT molecular complexity index is 1210. The number of fused-ring (bicyclic) bond motifs is 1. The number of carbonyl (C=O) groups is 1. The number of hydrogen-bond donors (Lipinski definition) is 3. The van der Waals surface area contributed by atoms with Gasteiger partial charge in [0.15, 0.2) is 17.0 Å². The fourth-order valence-electron chi connectivity index (χ4n) is 3.80. The Balaban J connectivity index is 1.47. The number of nitrogen functional groups attached to an aromatic ring is 1. The Morgan fingerprint density at radius 1 is 1.36 bits per heavy atom. The maximum Gasteiger partial charge on any atom is 0.319 e. The number of rotatable bonds is 10. The SMILES string of the molecule is CC1CC(COP(NC(C)(C)C=O)Oc2ccc(Cl)cc2)OC1n1cnc2c(N(C)N)nc(N)nc21. The van der Waals surface area contributed by atoms with Crippen molar-refractivity contribution in [3.8, 4) is 5.75 Å². The van der Waals surface area contributed by atoms with Crippen LogP contribution >= 0.6 is 20.1 Å². The predicted molar refractivity (Wildman–Crippen MR) is 138 cm³/mol. The second-order valence-electron chi connectivity index (χ2n) is 9.25. The molecular formula is C22H30ClN8O4P. The molecule has 194 valence electrons. The molecule has 12 nitrogen and oxygen atoms in total. The number of carbonyl (C=O) groups excluding carboxylic acids is 1. The smallest absolute Gasteiger partial charge is 0.319 e. The average molecular weight is 537 g/mol. The summed E-state index contributed by atoms with van der Waals surface area (Å²) in [5.41, 5.74) is 6.14. The quantitative estimate of drug-likeness (QED) is 0.151. The molecular weight excluding hydrogens is 507 g/mol. The molecule has 1 aliphatic rings. The lowest BCUT2D eigenvalue weighted by Crippen LogP contribution is -2.38. The summed E-state index contributed by atoms with van der Waals surface area (Å²) < 4.78 is 20.3. The normalized spacial score (nSPS) is 21.0. The minimum atomic E-state index is -1.65. The van der Waals surface area contributed by atoms with Gasteiger partial charge in [0, 0.05) is 18.0 Å². The third-order valence-corrected chi connectivity index (χ3v) is 7.31. The highest BCUT2D eigenvalue weighted by atomic mass is 35.5. The number of aldehydes is 1. The monoisotopic (exact) mass is 536 g/mol. The number of halogens is 1. The molecule has 3 heterocycles. The molecule has 0 radical (unpaired) electrons. The van der Waals surface area contributed by atoms with Crippen LogP contribution in [0.5, 0.6) is 5.75 Å². The summed E-state index contributed by atoms with van der Waals surface area (Å²) in [7, 11) is 0.00489. The van der Waals surface area contributed by atoms with Gasteiger partial charge in [0.2, 0.25) is 5.95 Å². The Hall–Kier alpha value is -2.60. The minimum Gasteiger partial charge on any atom is -0.436 e. The third-order valence-electron chi connectivity index (χ3n) is 5.54. The summed E-state index contributed by atoms with van der Waals surface area (Å²) in [4.78, 5) is 24.5. The van der Waals surface area contributed by atoms with E-state index in [1.807, 2.05) is 4.57 Å². The Kier molecular flexibility index (Phi) is 7.93. The maximum atomic E-state index is 11.5. The molecule has 0 amide bonds. The first kappa shape index (κ1) is 26.5. The number of aromatic nitrogens is 4. The van der Waals surface area contributed by atoms with Crippen LogP contribution < -0.4 is 26.2 Å². The molecule has 2 aromatic heterocycles. The Morgan fingerprint density at radius 3 is 2.75 bits per heavy atom. The standard InChI is InChI=1S/C22H30ClN8O4P/c1-13-9-16(10-33-36(29-22(2,3)11-32)35-15-7-5-14(23)6-8-15)34-20(13)31-12-26-17-18(30(4)25)27-21(24)28-19(17)31/h5-8,11-13,16,20,29H,9-10,25H2,1-4H3,(H2,24,27,28). The molecule has 1 aliphatic heterocycles. The number of imidazole rings is 1. The van der Waals surface area contributed by atoms with Crippen molar-refractivity contribution in [1.82, 2.24) is 24.6 Å². The zero-order chi connectivity index (χ0) is 26.0. The van der Waals surface area contributed by atoms with E-state index in [9.17, 15) is 4.79 Å². The van der Waals surface area contributed by atoms with E-state index in [4.69, 9.17) is 37.0 Å². The zero-order valence-corrected chi connectivity index (χ0v) is 22.1. The minimum absolute atomic E-state index is 0.0935. The highest BCUT2D eigenvalue weighted by molar-refractivity contribution is 7.45. The lowest BCUT2D eigenvalue weighted by Gasteiger charge is -2.26. The van der Waals surface area contributed by atoms with Crippen LogP contribution in [-0.2, 0) is 14.1 Å². The van der Waals surface area contributed by atoms with E-state index in [1.54, 1.807) is 51.5 Å². The molecule has 14 heteroatoms. The number of ether oxygens (including phenoxy) is 1. The van der Waals surface area contributed by atoms with Crippen LogP contribution in [0.15, 0.2) is 30.6 Å². The lowest BCUT2D eigenvalue weighted by molar-refractivity contribution is -0.111. The van der Waals surface area contributed by atoms with E-state index in [0.29, 0.717) is 27.8 Å². The summed E-state index contributed by atoms with van der Waals surface area (Å²) in [6, 6.07) is 6.93. The molecule has 0 bridgehead atoms. The van der Waals surface area contributed by atoms with Crippen molar-refractivity contribution in [3.05, 3.63) is 35.6 Å². The molecule has 0 spiro atoms. The average Bonchev–Trinajstić information content (AvgIpc) is 3.40. The molecule has 0 saturated carbocycles. The largest absolute Gasteiger partial charge is 0.436 e. The van der Waals surface area contributed by atoms with Gasteiger partial charge in [0.05, 0.1) is 24.6 Å². The van der Waals surface area contributed by atoms with Crippen LogP contribution in [0.25, 0.3) is 11.2 Å². The number of anilines is 2. The molecule has 4 rings (SSSR count). The van der Waals surface area contributed by atoms with E-state index >= 15 is 0 Å². The molecule has 3 aromatic rings.